The fourth-order valence-electron chi connectivity index (χ4n) is 9.90. The van der Waals surface area contributed by atoms with E-state index in [-0.39, 0.29) is 35.0 Å². The molecule has 0 aliphatic heterocycles. The predicted octanol–water partition coefficient (Wildman–Crippen LogP) is 7.34. The Kier molecular flexibility index (Phi) is 7.99. The molecule has 1 aromatic rings. The van der Waals surface area contributed by atoms with E-state index in [9.17, 15) is 15.0 Å². The van der Waals surface area contributed by atoms with Crippen LogP contribution in [-0.4, -0.2) is 28.3 Å². The van der Waals surface area contributed by atoms with Gasteiger partial charge in [-0.15, -0.1) is 11.3 Å². The van der Waals surface area contributed by atoms with Crippen LogP contribution in [0.3, 0.4) is 0 Å². The number of amides is 1. The molecule has 4 aliphatic carbocycles. The molecule has 37 heavy (non-hydrogen) atoms. The van der Waals surface area contributed by atoms with E-state index in [2.05, 4.69) is 68.0 Å². The van der Waals surface area contributed by atoms with Gasteiger partial charge in [-0.05, 0) is 132 Å². The van der Waals surface area contributed by atoms with Crippen molar-refractivity contribution in [3.8, 4) is 0 Å². The quantitative estimate of drug-likeness (QED) is 0.323. The lowest BCUT2D eigenvalue weighted by Gasteiger charge is -2.62. The second kappa shape index (κ2) is 10.5. The monoisotopic (exact) mass is 593 g/mol. The molecule has 4 saturated carbocycles. The van der Waals surface area contributed by atoms with E-state index in [1.807, 2.05) is 0 Å². The first-order chi connectivity index (χ1) is 17.4. The maximum Gasteiger partial charge on any atom is 0.220 e. The summed E-state index contributed by atoms with van der Waals surface area (Å²) in [5, 5.41) is 25.2. The van der Waals surface area contributed by atoms with Crippen LogP contribution >= 0.6 is 27.3 Å². The smallest absolute Gasteiger partial charge is 0.220 e. The Balaban J connectivity index is 1.27. The first kappa shape index (κ1) is 28.1. The van der Waals surface area contributed by atoms with Gasteiger partial charge in [-0.1, -0.05) is 34.6 Å². The fraction of sp³-hybridized carbons (Fsp3) is 0.839. The Bertz CT molecular complexity index is 981. The minimum absolute atomic E-state index is 0.0541. The van der Waals surface area contributed by atoms with Gasteiger partial charge in [-0.3, -0.25) is 4.79 Å². The Morgan fingerprint density at radius 1 is 1.05 bits per heavy atom. The molecular weight excluding hydrogens is 546 g/mol. The van der Waals surface area contributed by atoms with Crippen LogP contribution in [0.1, 0.15) is 103 Å². The lowest BCUT2D eigenvalue weighted by Crippen LogP contribution is -2.58. The molecule has 1 heterocycles. The van der Waals surface area contributed by atoms with Gasteiger partial charge in [0.25, 0.3) is 0 Å². The summed E-state index contributed by atoms with van der Waals surface area (Å²) in [6.07, 6.45) is 8.67. The van der Waals surface area contributed by atoms with Gasteiger partial charge < -0.3 is 15.5 Å². The number of carbonyl (C=O) groups is 1. The molecule has 11 atom stereocenters. The molecule has 1 amide bonds. The van der Waals surface area contributed by atoms with Crippen LogP contribution in [0.15, 0.2) is 15.9 Å². The number of aliphatic hydroxyl groups is 2. The van der Waals surface area contributed by atoms with Crippen molar-refractivity contribution in [1.29, 1.82) is 0 Å². The molecule has 4 fully saturated rings. The largest absolute Gasteiger partial charge is 0.393 e. The second-order valence-electron chi connectivity index (χ2n) is 14.1. The number of carbonyl (C=O) groups excluding carboxylic acids is 1. The van der Waals surface area contributed by atoms with Gasteiger partial charge in [-0.2, -0.15) is 0 Å². The molecule has 7 unspecified atom stereocenters. The van der Waals surface area contributed by atoms with Gasteiger partial charge in [-0.25, -0.2) is 0 Å². The van der Waals surface area contributed by atoms with Gasteiger partial charge in [0.05, 0.1) is 22.0 Å². The minimum Gasteiger partial charge on any atom is -0.393 e. The van der Waals surface area contributed by atoms with Crippen molar-refractivity contribution < 1.29 is 15.0 Å². The third-order valence-corrected chi connectivity index (χ3v) is 13.5. The first-order valence-corrected chi connectivity index (χ1v) is 16.5. The summed E-state index contributed by atoms with van der Waals surface area (Å²) in [7, 11) is 0. The third-order valence-electron chi connectivity index (χ3n) is 11.8. The predicted molar refractivity (Wildman–Crippen MR) is 154 cm³/mol. The molecule has 6 heteroatoms. The molecule has 1 aromatic heterocycles. The average Bonchev–Trinajstić information content (AvgIpc) is 3.41. The zero-order valence-electron chi connectivity index (χ0n) is 23.4. The number of halogens is 1. The maximum atomic E-state index is 13.3. The SMILES string of the molecule is CC(C)C(NC(=O)C[C@@H](C)C1CC[C@H]2C3C(O)CC4C[C@H](O)CCC4(C)[C@H]3CCC12C)c1ccc(Br)s1. The Morgan fingerprint density at radius 3 is 2.43 bits per heavy atom. The van der Waals surface area contributed by atoms with Crippen molar-refractivity contribution in [2.45, 2.75) is 111 Å². The normalized spacial score (nSPS) is 43.0. The summed E-state index contributed by atoms with van der Waals surface area (Å²) in [6.45, 7) is 11.6. The van der Waals surface area contributed by atoms with E-state index < -0.39 is 0 Å². The molecule has 3 N–H and O–H groups in total. The summed E-state index contributed by atoms with van der Waals surface area (Å²) in [6, 6.07) is 4.24. The molecule has 0 saturated heterocycles. The molecule has 0 radical (unpaired) electrons. The summed E-state index contributed by atoms with van der Waals surface area (Å²) in [4.78, 5) is 14.5. The highest BCUT2D eigenvalue weighted by Crippen LogP contribution is 2.68. The van der Waals surface area contributed by atoms with Crippen molar-refractivity contribution in [3.05, 3.63) is 20.8 Å². The van der Waals surface area contributed by atoms with Gasteiger partial charge in [0, 0.05) is 11.3 Å². The van der Waals surface area contributed by atoms with E-state index in [1.54, 1.807) is 11.3 Å². The summed E-state index contributed by atoms with van der Waals surface area (Å²) in [5.41, 5.74) is 0.464. The van der Waals surface area contributed by atoms with Crippen LogP contribution in [0.4, 0.5) is 0 Å². The number of rotatable bonds is 6. The number of thiophene rings is 1. The van der Waals surface area contributed by atoms with E-state index in [0.29, 0.717) is 47.8 Å². The highest BCUT2D eigenvalue weighted by atomic mass is 79.9. The molecule has 0 bridgehead atoms. The fourth-order valence-corrected chi connectivity index (χ4v) is 11.6. The van der Waals surface area contributed by atoms with Crippen LogP contribution in [0, 0.1) is 52.3 Å². The highest BCUT2D eigenvalue weighted by Gasteiger charge is 2.62. The Hall–Kier alpha value is -0.430. The van der Waals surface area contributed by atoms with Crippen molar-refractivity contribution in [3.63, 3.8) is 0 Å². The van der Waals surface area contributed by atoms with E-state index >= 15 is 0 Å². The van der Waals surface area contributed by atoms with Crippen molar-refractivity contribution in [1.82, 2.24) is 5.32 Å². The molecule has 208 valence electrons. The zero-order chi connectivity index (χ0) is 26.7. The standard InChI is InChI=1S/C31H48BrNO3S/c1-17(2)29(25-8-9-26(32)37-25)33-27(36)14-18(3)21-6-7-22-28-23(11-13-31(21,22)5)30(4)12-10-20(34)15-19(30)16-24(28)35/h8-9,17-24,28-29,34-35H,6-7,10-16H2,1-5H3,(H,33,36)/t18-,19?,20-,21?,22+,23+,24?,28?,29?,30?,31?/m1/s1. The van der Waals surface area contributed by atoms with Crippen molar-refractivity contribution >= 4 is 33.2 Å². The summed E-state index contributed by atoms with van der Waals surface area (Å²) in [5.74, 6) is 3.33. The lowest BCUT2D eigenvalue weighted by atomic mass is 9.43. The molecule has 5 rings (SSSR count). The van der Waals surface area contributed by atoms with E-state index in [0.717, 1.165) is 29.5 Å². The van der Waals surface area contributed by atoms with Crippen LogP contribution in [0.5, 0.6) is 0 Å². The maximum absolute atomic E-state index is 13.3. The first-order valence-electron chi connectivity index (χ1n) is 14.8. The second-order valence-corrected chi connectivity index (χ2v) is 16.6. The highest BCUT2D eigenvalue weighted by molar-refractivity contribution is 9.11. The third kappa shape index (κ3) is 5.00. The van der Waals surface area contributed by atoms with Crippen LogP contribution in [0.25, 0.3) is 0 Å². The number of nitrogens with one attached hydrogen (secondary N) is 1. The van der Waals surface area contributed by atoms with Crippen LogP contribution < -0.4 is 5.32 Å². The summed E-state index contributed by atoms with van der Waals surface area (Å²) < 4.78 is 1.10. The molecule has 4 nitrogen and oxygen atoms in total. The topological polar surface area (TPSA) is 69.6 Å². The van der Waals surface area contributed by atoms with E-state index in [4.69, 9.17) is 0 Å². The van der Waals surface area contributed by atoms with Crippen LogP contribution in [0.2, 0.25) is 0 Å². The Labute approximate surface area is 236 Å². The molecule has 0 aromatic carbocycles. The van der Waals surface area contributed by atoms with Gasteiger partial charge in [0.2, 0.25) is 5.91 Å². The van der Waals surface area contributed by atoms with Crippen LogP contribution in [-0.2, 0) is 4.79 Å². The van der Waals surface area contributed by atoms with E-state index in [1.165, 1.54) is 30.6 Å². The zero-order valence-corrected chi connectivity index (χ0v) is 25.8. The van der Waals surface area contributed by atoms with Crippen molar-refractivity contribution in [2.75, 3.05) is 0 Å². The lowest BCUT2D eigenvalue weighted by molar-refractivity contribution is -0.174. The molecule has 4 aliphatic rings. The van der Waals surface area contributed by atoms with Crippen molar-refractivity contribution in [2.24, 2.45) is 52.3 Å². The van der Waals surface area contributed by atoms with Gasteiger partial charge in [0.1, 0.15) is 0 Å². The summed E-state index contributed by atoms with van der Waals surface area (Å²) >= 11 is 5.28. The Morgan fingerprint density at radius 2 is 1.76 bits per heavy atom. The number of hydrogen-bond acceptors (Lipinski definition) is 4. The molecule has 0 spiro atoms. The minimum atomic E-state index is -0.243. The number of hydrogen-bond donors (Lipinski definition) is 3. The molecular formula is C31H48BrNO3S. The number of fused-ring (bicyclic) bond motifs is 5. The average molecular weight is 595 g/mol. The van der Waals surface area contributed by atoms with Gasteiger partial charge >= 0.3 is 0 Å². The van der Waals surface area contributed by atoms with Gasteiger partial charge in [0.15, 0.2) is 0 Å². The number of aliphatic hydroxyl groups excluding tert-OH is 2.